The fourth-order valence-corrected chi connectivity index (χ4v) is 1.86. The summed E-state index contributed by atoms with van der Waals surface area (Å²) in [5.74, 6) is 0.372. The minimum Gasteiger partial charge on any atom is -0.493 e. The highest BCUT2D eigenvalue weighted by Gasteiger charge is 2.20. The number of nitrogens with one attached hydrogen (secondary N) is 2. The normalized spacial score (nSPS) is 9.82. The number of carbonyl (C=O) groups excluding carboxylic acids is 2. The van der Waals surface area contributed by atoms with E-state index in [-0.39, 0.29) is 23.8 Å². The molecule has 7 nitrogen and oxygen atoms in total. The summed E-state index contributed by atoms with van der Waals surface area (Å²) in [6.45, 7) is 2.43. The zero-order valence-electron chi connectivity index (χ0n) is 13.3. The maximum Gasteiger partial charge on any atom is 0.255 e. The third-order valence-corrected chi connectivity index (χ3v) is 2.93. The van der Waals surface area contributed by atoms with E-state index in [0.717, 1.165) is 6.42 Å². The second kappa shape index (κ2) is 8.76. The Labute approximate surface area is 129 Å². The zero-order valence-corrected chi connectivity index (χ0v) is 13.3. The Kier molecular flexibility index (Phi) is 7.01. The number of amides is 2. The van der Waals surface area contributed by atoms with Crippen LogP contribution in [0.15, 0.2) is 12.1 Å². The Morgan fingerprint density at radius 3 is 2.23 bits per heavy atom. The third-order valence-electron chi connectivity index (χ3n) is 2.93. The Morgan fingerprint density at radius 2 is 1.68 bits per heavy atom. The van der Waals surface area contributed by atoms with Crippen LogP contribution in [0, 0.1) is 0 Å². The van der Waals surface area contributed by atoms with Gasteiger partial charge in [0.05, 0.1) is 33.4 Å². The second-order valence-electron chi connectivity index (χ2n) is 4.41. The number of carbonyl (C=O) groups is 2. The van der Waals surface area contributed by atoms with Gasteiger partial charge in [-0.2, -0.15) is 0 Å². The van der Waals surface area contributed by atoms with Crippen molar-refractivity contribution in [2.45, 2.75) is 13.3 Å². The van der Waals surface area contributed by atoms with Crippen molar-refractivity contribution in [2.24, 2.45) is 0 Å². The molecule has 0 fully saturated rings. The van der Waals surface area contributed by atoms with Crippen LogP contribution in [0.3, 0.4) is 0 Å². The van der Waals surface area contributed by atoms with Gasteiger partial charge >= 0.3 is 0 Å². The summed E-state index contributed by atoms with van der Waals surface area (Å²) in [4.78, 5) is 23.7. The molecular formula is C15H22N2O5. The largest absolute Gasteiger partial charge is 0.493 e. The average Bonchev–Trinajstić information content (AvgIpc) is 2.55. The molecule has 122 valence electrons. The van der Waals surface area contributed by atoms with E-state index in [1.54, 1.807) is 12.1 Å². The molecule has 0 unspecified atom stereocenters. The summed E-state index contributed by atoms with van der Waals surface area (Å²) < 4.78 is 15.6. The van der Waals surface area contributed by atoms with E-state index >= 15 is 0 Å². The molecule has 7 heteroatoms. The number of benzene rings is 1. The van der Waals surface area contributed by atoms with Crippen LogP contribution in [0.5, 0.6) is 17.2 Å². The first-order valence-electron chi connectivity index (χ1n) is 6.92. The molecule has 0 aromatic heterocycles. The first-order valence-corrected chi connectivity index (χ1v) is 6.92. The van der Waals surface area contributed by atoms with Crippen LogP contribution in [0.25, 0.3) is 0 Å². The van der Waals surface area contributed by atoms with E-state index in [4.69, 9.17) is 14.2 Å². The maximum atomic E-state index is 12.2. The second-order valence-corrected chi connectivity index (χ2v) is 4.41. The number of rotatable bonds is 8. The lowest BCUT2D eigenvalue weighted by Crippen LogP contribution is -2.37. The molecule has 0 saturated carbocycles. The van der Waals surface area contributed by atoms with Crippen LogP contribution in [0.1, 0.15) is 23.7 Å². The van der Waals surface area contributed by atoms with Crippen LogP contribution < -0.4 is 24.8 Å². The Bertz CT molecular complexity index is 531. The van der Waals surface area contributed by atoms with E-state index in [9.17, 15) is 9.59 Å². The summed E-state index contributed by atoms with van der Waals surface area (Å²) in [5, 5.41) is 5.22. The standard InChI is InChI=1S/C15H22N2O5/c1-5-8-16-12(18)9-17-15(19)10-6-7-11(20-2)14(22-4)13(10)21-3/h6-7H,5,8-9H2,1-4H3,(H,16,18)(H,17,19). The van der Waals surface area contributed by atoms with E-state index in [0.29, 0.717) is 18.0 Å². The van der Waals surface area contributed by atoms with Crippen LogP contribution in [-0.2, 0) is 4.79 Å². The van der Waals surface area contributed by atoms with Crippen molar-refractivity contribution < 1.29 is 23.8 Å². The van der Waals surface area contributed by atoms with Gasteiger partial charge in [0.1, 0.15) is 0 Å². The molecule has 0 saturated heterocycles. The molecule has 0 bridgehead atoms. The molecule has 0 aliphatic heterocycles. The number of methoxy groups -OCH3 is 3. The van der Waals surface area contributed by atoms with Gasteiger partial charge in [0.25, 0.3) is 5.91 Å². The van der Waals surface area contributed by atoms with Gasteiger partial charge in [-0.3, -0.25) is 9.59 Å². The molecule has 0 spiro atoms. The predicted octanol–water partition coefficient (Wildman–Crippen LogP) is 0.968. The van der Waals surface area contributed by atoms with Gasteiger partial charge in [-0.15, -0.1) is 0 Å². The van der Waals surface area contributed by atoms with Gasteiger partial charge in [-0.25, -0.2) is 0 Å². The molecule has 2 N–H and O–H groups in total. The molecule has 22 heavy (non-hydrogen) atoms. The van der Waals surface area contributed by atoms with Gasteiger partial charge in [-0.05, 0) is 18.6 Å². The molecular weight excluding hydrogens is 288 g/mol. The van der Waals surface area contributed by atoms with Gasteiger partial charge in [-0.1, -0.05) is 6.92 Å². The monoisotopic (exact) mass is 310 g/mol. The molecule has 0 heterocycles. The molecule has 0 atom stereocenters. The van der Waals surface area contributed by atoms with E-state index in [1.807, 2.05) is 6.92 Å². The van der Waals surface area contributed by atoms with Crippen molar-refractivity contribution >= 4 is 11.8 Å². The Hall–Kier alpha value is -2.44. The lowest BCUT2D eigenvalue weighted by atomic mass is 10.1. The van der Waals surface area contributed by atoms with Crippen molar-refractivity contribution in [3.05, 3.63) is 17.7 Å². The third kappa shape index (κ3) is 4.28. The first-order chi connectivity index (χ1) is 10.6. The topological polar surface area (TPSA) is 85.9 Å². The van der Waals surface area contributed by atoms with Crippen LogP contribution in [0.2, 0.25) is 0 Å². The quantitative estimate of drug-likeness (QED) is 0.747. The fourth-order valence-electron chi connectivity index (χ4n) is 1.86. The molecule has 0 radical (unpaired) electrons. The molecule has 1 rings (SSSR count). The summed E-state index contributed by atoms with van der Waals surface area (Å²) >= 11 is 0. The van der Waals surface area contributed by atoms with Gasteiger partial charge in [0.15, 0.2) is 11.5 Å². The highest BCUT2D eigenvalue weighted by Crippen LogP contribution is 2.39. The molecule has 0 aliphatic carbocycles. The minimum absolute atomic E-state index is 0.101. The SMILES string of the molecule is CCCNC(=O)CNC(=O)c1ccc(OC)c(OC)c1OC. The highest BCUT2D eigenvalue weighted by atomic mass is 16.5. The number of hydrogen-bond acceptors (Lipinski definition) is 5. The van der Waals surface area contributed by atoms with Gasteiger partial charge in [0.2, 0.25) is 11.7 Å². The lowest BCUT2D eigenvalue weighted by molar-refractivity contribution is -0.120. The summed E-state index contributed by atoms with van der Waals surface area (Å²) in [5.41, 5.74) is 0.267. The molecule has 1 aromatic carbocycles. The van der Waals surface area contributed by atoms with Crippen LogP contribution in [0.4, 0.5) is 0 Å². The maximum absolute atomic E-state index is 12.2. The van der Waals surface area contributed by atoms with Crippen LogP contribution >= 0.6 is 0 Å². The van der Waals surface area contributed by atoms with Crippen molar-refractivity contribution in [3.8, 4) is 17.2 Å². The number of hydrogen-bond donors (Lipinski definition) is 2. The molecule has 2 amide bonds. The Morgan fingerprint density at radius 1 is 1.00 bits per heavy atom. The summed E-state index contributed by atoms with van der Waals surface area (Å²) in [6.07, 6.45) is 0.836. The Balaban J connectivity index is 2.87. The molecule has 0 aliphatic rings. The van der Waals surface area contributed by atoms with Crippen molar-refractivity contribution in [1.82, 2.24) is 10.6 Å². The first kappa shape index (κ1) is 17.6. The predicted molar refractivity (Wildman–Crippen MR) is 81.7 cm³/mol. The van der Waals surface area contributed by atoms with Crippen LogP contribution in [-0.4, -0.2) is 46.2 Å². The fraction of sp³-hybridized carbons (Fsp3) is 0.467. The summed E-state index contributed by atoms with van der Waals surface area (Å²) in [7, 11) is 4.39. The zero-order chi connectivity index (χ0) is 16.5. The number of ether oxygens (including phenoxy) is 3. The van der Waals surface area contributed by atoms with Crippen molar-refractivity contribution in [1.29, 1.82) is 0 Å². The molecule has 1 aromatic rings. The van der Waals surface area contributed by atoms with E-state index in [2.05, 4.69) is 10.6 Å². The van der Waals surface area contributed by atoms with E-state index in [1.165, 1.54) is 21.3 Å². The van der Waals surface area contributed by atoms with Gasteiger partial charge in [0, 0.05) is 6.54 Å². The van der Waals surface area contributed by atoms with Crippen molar-refractivity contribution in [3.63, 3.8) is 0 Å². The van der Waals surface area contributed by atoms with Gasteiger partial charge < -0.3 is 24.8 Å². The lowest BCUT2D eigenvalue weighted by Gasteiger charge is -2.15. The smallest absolute Gasteiger partial charge is 0.255 e. The summed E-state index contributed by atoms with van der Waals surface area (Å²) in [6, 6.07) is 3.16. The highest BCUT2D eigenvalue weighted by molar-refractivity contribution is 6.00. The van der Waals surface area contributed by atoms with E-state index < -0.39 is 5.91 Å². The van der Waals surface area contributed by atoms with Crippen molar-refractivity contribution in [2.75, 3.05) is 34.4 Å². The average molecular weight is 310 g/mol. The minimum atomic E-state index is -0.426.